The van der Waals surface area contributed by atoms with E-state index < -0.39 is 0 Å². The maximum atomic E-state index is 13.5. The van der Waals surface area contributed by atoms with Gasteiger partial charge >= 0.3 is 0 Å². The summed E-state index contributed by atoms with van der Waals surface area (Å²) >= 11 is 0. The van der Waals surface area contributed by atoms with E-state index in [1.165, 1.54) is 0 Å². The molecule has 40 heavy (non-hydrogen) atoms. The number of carbonyl (C=O) groups is 2. The minimum atomic E-state index is -0.206. The van der Waals surface area contributed by atoms with Gasteiger partial charge in [0.25, 0.3) is 11.8 Å². The van der Waals surface area contributed by atoms with Gasteiger partial charge in [-0.2, -0.15) is 0 Å². The van der Waals surface area contributed by atoms with Gasteiger partial charge in [-0.25, -0.2) is 0 Å². The SMILES string of the molecule is Cc1cccc(CN2C(=O)C(=Cc3ccc(C(=O)NCCCN(C)c4ccccc4)cc3)Oc3ccccc32)c1. The first-order chi connectivity index (χ1) is 19.5. The van der Waals surface area contributed by atoms with Gasteiger partial charge in [0.1, 0.15) is 0 Å². The van der Waals surface area contributed by atoms with Crippen molar-refractivity contribution in [2.75, 3.05) is 29.9 Å². The molecule has 6 nitrogen and oxygen atoms in total. The van der Waals surface area contributed by atoms with Gasteiger partial charge in [-0.15, -0.1) is 0 Å². The molecule has 1 aliphatic heterocycles. The normalized spacial score (nSPS) is 13.5. The third-order valence-corrected chi connectivity index (χ3v) is 6.88. The quantitative estimate of drug-likeness (QED) is 0.206. The van der Waals surface area contributed by atoms with Gasteiger partial charge in [0.2, 0.25) is 0 Å². The van der Waals surface area contributed by atoms with Crippen LogP contribution in [-0.2, 0) is 11.3 Å². The molecule has 0 aliphatic carbocycles. The zero-order chi connectivity index (χ0) is 27.9. The zero-order valence-corrected chi connectivity index (χ0v) is 22.8. The number of ether oxygens (including phenoxy) is 1. The van der Waals surface area contributed by atoms with Crippen LogP contribution in [0.3, 0.4) is 0 Å². The van der Waals surface area contributed by atoms with E-state index >= 15 is 0 Å². The Hall–Kier alpha value is -4.84. The second-order valence-corrected chi connectivity index (χ2v) is 9.95. The summed E-state index contributed by atoms with van der Waals surface area (Å²) in [6, 6.07) is 33.1. The van der Waals surface area contributed by atoms with Crippen LogP contribution in [0.15, 0.2) is 109 Å². The van der Waals surface area contributed by atoms with Crippen molar-refractivity contribution in [3.05, 3.63) is 131 Å². The molecule has 0 unspecified atom stereocenters. The molecule has 2 amide bonds. The number of para-hydroxylation sites is 3. The first-order valence-electron chi connectivity index (χ1n) is 13.5. The topological polar surface area (TPSA) is 61.9 Å². The Balaban J connectivity index is 1.22. The molecule has 1 N–H and O–H groups in total. The van der Waals surface area contributed by atoms with E-state index in [1.54, 1.807) is 23.1 Å². The number of hydrogen-bond donors (Lipinski definition) is 1. The summed E-state index contributed by atoms with van der Waals surface area (Å²) in [5.41, 5.74) is 5.44. The van der Waals surface area contributed by atoms with E-state index in [-0.39, 0.29) is 17.6 Å². The molecular weight excluding hydrogens is 498 g/mol. The molecule has 0 atom stereocenters. The van der Waals surface area contributed by atoms with Crippen molar-refractivity contribution in [1.29, 1.82) is 0 Å². The Morgan fingerprint density at radius 3 is 2.45 bits per heavy atom. The zero-order valence-electron chi connectivity index (χ0n) is 22.8. The second-order valence-electron chi connectivity index (χ2n) is 9.95. The van der Waals surface area contributed by atoms with Crippen LogP contribution < -0.4 is 19.9 Å². The molecule has 0 fully saturated rings. The van der Waals surface area contributed by atoms with E-state index in [0.717, 1.165) is 41.0 Å². The molecule has 0 saturated carbocycles. The van der Waals surface area contributed by atoms with Gasteiger partial charge in [-0.1, -0.05) is 72.3 Å². The minimum Gasteiger partial charge on any atom is -0.449 e. The number of rotatable bonds is 9. The van der Waals surface area contributed by atoms with Gasteiger partial charge < -0.3 is 15.0 Å². The van der Waals surface area contributed by atoms with Crippen molar-refractivity contribution in [3.63, 3.8) is 0 Å². The summed E-state index contributed by atoms with van der Waals surface area (Å²) in [7, 11) is 2.05. The molecule has 0 saturated heterocycles. The largest absolute Gasteiger partial charge is 0.449 e. The predicted molar refractivity (Wildman–Crippen MR) is 161 cm³/mol. The Morgan fingerprint density at radius 2 is 1.68 bits per heavy atom. The van der Waals surface area contributed by atoms with E-state index in [2.05, 4.69) is 28.4 Å². The molecule has 6 heteroatoms. The lowest BCUT2D eigenvalue weighted by molar-refractivity contribution is -0.117. The van der Waals surface area contributed by atoms with Crippen molar-refractivity contribution < 1.29 is 14.3 Å². The Kier molecular flexibility index (Phi) is 8.26. The summed E-state index contributed by atoms with van der Waals surface area (Å²) in [6.07, 6.45) is 2.56. The maximum Gasteiger partial charge on any atom is 0.294 e. The summed E-state index contributed by atoms with van der Waals surface area (Å²) in [5, 5.41) is 2.99. The number of benzene rings is 4. The number of amides is 2. The van der Waals surface area contributed by atoms with Crippen LogP contribution in [0.2, 0.25) is 0 Å². The number of nitrogens with one attached hydrogen (secondary N) is 1. The highest BCUT2D eigenvalue weighted by Gasteiger charge is 2.30. The number of fused-ring (bicyclic) bond motifs is 1. The molecular formula is C34H33N3O3. The molecule has 202 valence electrons. The van der Waals surface area contributed by atoms with E-state index in [4.69, 9.17) is 4.74 Å². The molecule has 0 radical (unpaired) electrons. The Bertz CT molecular complexity index is 1510. The summed E-state index contributed by atoms with van der Waals surface area (Å²) in [5.74, 6) is 0.549. The van der Waals surface area contributed by atoms with Crippen LogP contribution >= 0.6 is 0 Å². The number of aryl methyl sites for hydroxylation is 1. The van der Waals surface area contributed by atoms with Crippen molar-refractivity contribution in [3.8, 4) is 5.75 Å². The molecule has 0 aromatic heterocycles. The third-order valence-electron chi connectivity index (χ3n) is 6.88. The highest BCUT2D eigenvalue weighted by atomic mass is 16.5. The molecule has 4 aromatic rings. The van der Waals surface area contributed by atoms with Gasteiger partial charge in [0.05, 0.1) is 12.2 Å². The molecule has 1 aliphatic rings. The van der Waals surface area contributed by atoms with Gasteiger partial charge in [-0.3, -0.25) is 14.5 Å². The van der Waals surface area contributed by atoms with Crippen LogP contribution in [0.1, 0.15) is 33.5 Å². The minimum absolute atomic E-state index is 0.121. The van der Waals surface area contributed by atoms with E-state index in [1.807, 2.05) is 86.8 Å². The Labute approximate surface area is 235 Å². The van der Waals surface area contributed by atoms with E-state index in [0.29, 0.717) is 24.4 Å². The number of carbonyl (C=O) groups excluding carboxylic acids is 2. The number of hydrogen-bond acceptors (Lipinski definition) is 4. The van der Waals surface area contributed by atoms with Crippen molar-refractivity contribution in [1.82, 2.24) is 5.32 Å². The molecule has 0 spiro atoms. The van der Waals surface area contributed by atoms with Crippen molar-refractivity contribution in [2.45, 2.75) is 19.9 Å². The summed E-state index contributed by atoms with van der Waals surface area (Å²) in [4.78, 5) is 30.1. The lowest BCUT2D eigenvalue weighted by Crippen LogP contribution is -2.36. The van der Waals surface area contributed by atoms with Crippen molar-refractivity contribution >= 4 is 29.3 Å². The standard InChI is InChI=1S/C34H33N3O3/c1-25-10-8-11-27(22-25)24-37-30-14-6-7-15-31(30)40-32(34(37)39)23-26-16-18-28(19-17-26)33(38)35-20-9-21-36(2)29-12-4-3-5-13-29/h3-8,10-19,22-23H,9,20-21,24H2,1-2H3,(H,35,38). The second kappa shape index (κ2) is 12.3. The van der Waals surface area contributed by atoms with Crippen molar-refractivity contribution in [2.24, 2.45) is 0 Å². The first kappa shape index (κ1) is 26.8. The fourth-order valence-electron chi connectivity index (χ4n) is 4.73. The van der Waals surface area contributed by atoms with Crippen LogP contribution in [0, 0.1) is 6.92 Å². The summed E-state index contributed by atoms with van der Waals surface area (Å²) in [6.45, 7) is 3.91. The lowest BCUT2D eigenvalue weighted by atomic mass is 10.1. The Morgan fingerprint density at radius 1 is 0.925 bits per heavy atom. The monoisotopic (exact) mass is 531 g/mol. The number of anilines is 2. The first-order valence-corrected chi connectivity index (χ1v) is 13.5. The van der Waals surface area contributed by atoms with Crippen LogP contribution in [0.25, 0.3) is 6.08 Å². The van der Waals surface area contributed by atoms with Crippen LogP contribution in [0.5, 0.6) is 5.75 Å². The van der Waals surface area contributed by atoms with Gasteiger partial charge in [0.15, 0.2) is 11.5 Å². The molecule has 0 bridgehead atoms. The molecule has 4 aromatic carbocycles. The highest BCUT2D eigenvalue weighted by Crippen LogP contribution is 2.36. The smallest absolute Gasteiger partial charge is 0.294 e. The number of nitrogens with zero attached hydrogens (tertiary/aromatic N) is 2. The fraction of sp³-hybridized carbons (Fsp3) is 0.176. The average molecular weight is 532 g/mol. The fourth-order valence-corrected chi connectivity index (χ4v) is 4.73. The van der Waals surface area contributed by atoms with E-state index in [9.17, 15) is 9.59 Å². The van der Waals surface area contributed by atoms with Gasteiger partial charge in [-0.05, 0) is 66.9 Å². The van der Waals surface area contributed by atoms with Crippen LogP contribution in [-0.4, -0.2) is 32.0 Å². The predicted octanol–water partition coefficient (Wildman–Crippen LogP) is 6.22. The summed E-state index contributed by atoms with van der Waals surface area (Å²) < 4.78 is 6.02. The average Bonchev–Trinajstić information content (AvgIpc) is 2.98. The molecule has 5 rings (SSSR count). The van der Waals surface area contributed by atoms with Gasteiger partial charge in [0, 0.05) is 31.4 Å². The third kappa shape index (κ3) is 6.41. The lowest BCUT2D eigenvalue weighted by Gasteiger charge is -2.30. The van der Waals surface area contributed by atoms with Crippen LogP contribution in [0.4, 0.5) is 11.4 Å². The highest BCUT2D eigenvalue weighted by molar-refractivity contribution is 6.09. The maximum absolute atomic E-state index is 13.5. The molecule has 1 heterocycles.